The van der Waals surface area contributed by atoms with Gasteiger partial charge in [0.05, 0.1) is 30.5 Å². The molecule has 150 valence electrons. The van der Waals surface area contributed by atoms with E-state index in [2.05, 4.69) is 15.6 Å². The van der Waals surface area contributed by atoms with Crippen molar-refractivity contribution in [1.82, 2.24) is 19.5 Å². The van der Waals surface area contributed by atoms with Gasteiger partial charge >= 0.3 is 0 Å². The molecule has 1 amide bonds. The molecule has 28 heavy (non-hydrogen) atoms. The van der Waals surface area contributed by atoms with E-state index < -0.39 is 10.0 Å². The summed E-state index contributed by atoms with van der Waals surface area (Å²) in [6.45, 7) is 1.55. The first-order valence-corrected chi connectivity index (χ1v) is 10.4. The molecule has 1 saturated heterocycles. The van der Waals surface area contributed by atoms with Crippen LogP contribution in [-0.4, -0.2) is 60.9 Å². The van der Waals surface area contributed by atoms with Crippen molar-refractivity contribution >= 4 is 22.1 Å². The number of hydrogen-bond acceptors (Lipinski definition) is 6. The van der Waals surface area contributed by atoms with E-state index in [1.165, 1.54) is 10.5 Å². The summed E-state index contributed by atoms with van der Waals surface area (Å²) in [5.41, 5.74) is 4.14. The fraction of sp³-hybridized carbons (Fsp3) is 0.389. The summed E-state index contributed by atoms with van der Waals surface area (Å²) >= 11 is 0. The molecule has 1 N–H and O–H groups in total. The number of carbonyl (C=O) groups excluding carboxylic acids is 1. The number of aryl methyl sites for hydroxylation is 2. The van der Waals surface area contributed by atoms with Crippen LogP contribution in [0.1, 0.15) is 17.5 Å². The zero-order valence-electron chi connectivity index (χ0n) is 15.6. The maximum atomic E-state index is 12.6. The molecule has 1 aliphatic heterocycles. The highest BCUT2D eigenvalue weighted by molar-refractivity contribution is 7.89. The Morgan fingerprint density at radius 1 is 1.29 bits per heavy atom. The summed E-state index contributed by atoms with van der Waals surface area (Å²) in [6.07, 6.45) is 5.69. The van der Waals surface area contributed by atoms with Crippen LogP contribution in [0.15, 0.2) is 46.7 Å². The molecular formula is C18H23N5O4S. The molecule has 0 unspecified atom stereocenters. The molecule has 9 nitrogen and oxygen atoms in total. The van der Waals surface area contributed by atoms with Crippen LogP contribution in [0.5, 0.6) is 0 Å². The number of hydrazone groups is 1. The second kappa shape index (κ2) is 9.09. The minimum Gasteiger partial charge on any atom is -0.379 e. The van der Waals surface area contributed by atoms with Gasteiger partial charge in [-0.2, -0.15) is 14.5 Å². The topological polar surface area (TPSA) is 106 Å². The highest BCUT2D eigenvalue weighted by Crippen LogP contribution is 2.18. The molecular weight excluding hydrogens is 382 g/mol. The van der Waals surface area contributed by atoms with Crippen molar-refractivity contribution in [2.75, 3.05) is 26.3 Å². The molecule has 0 radical (unpaired) electrons. The second-order valence-corrected chi connectivity index (χ2v) is 8.34. The first-order chi connectivity index (χ1) is 13.4. The van der Waals surface area contributed by atoms with Crippen LogP contribution in [0.3, 0.4) is 0 Å². The van der Waals surface area contributed by atoms with Gasteiger partial charge < -0.3 is 4.74 Å². The maximum absolute atomic E-state index is 12.6. The van der Waals surface area contributed by atoms with Gasteiger partial charge in [-0.3, -0.25) is 9.48 Å². The molecule has 0 saturated carbocycles. The molecule has 1 aromatic heterocycles. The van der Waals surface area contributed by atoms with Gasteiger partial charge in [-0.05, 0) is 24.1 Å². The first-order valence-electron chi connectivity index (χ1n) is 8.92. The largest absolute Gasteiger partial charge is 0.379 e. The highest BCUT2D eigenvalue weighted by Gasteiger charge is 2.26. The van der Waals surface area contributed by atoms with E-state index in [4.69, 9.17) is 4.74 Å². The van der Waals surface area contributed by atoms with E-state index in [1.54, 1.807) is 48.4 Å². The zero-order chi connectivity index (χ0) is 20.0. The van der Waals surface area contributed by atoms with E-state index in [0.29, 0.717) is 32.7 Å². The quantitative estimate of drug-likeness (QED) is 0.534. The predicted octanol–water partition coefficient (Wildman–Crippen LogP) is 0.524. The minimum absolute atomic E-state index is 0.217. The first kappa shape index (κ1) is 20.2. The van der Waals surface area contributed by atoms with E-state index in [0.717, 1.165) is 11.1 Å². The lowest BCUT2D eigenvalue weighted by Gasteiger charge is -2.26. The third-order valence-corrected chi connectivity index (χ3v) is 6.21. The number of sulfonamides is 1. The molecule has 0 atom stereocenters. The van der Waals surface area contributed by atoms with Crippen LogP contribution < -0.4 is 5.43 Å². The number of nitrogens with one attached hydrogen (secondary N) is 1. The fourth-order valence-corrected chi connectivity index (χ4v) is 4.17. The van der Waals surface area contributed by atoms with Crippen LogP contribution >= 0.6 is 0 Å². The average molecular weight is 405 g/mol. The molecule has 0 aliphatic carbocycles. The summed E-state index contributed by atoms with van der Waals surface area (Å²) in [5, 5.41) is 7.90. The van der Waals surface area contributed by atoms with E-state index >= 15 is 0 Å². The number of ether oxygens (including phenoxy) is 1. The fourth-order valence-electron chi connectivity index (χ4n) is 2.76. The second-order valence-electron chi connectivity index (χ2n) is 6.40. The highest BCUT2D eigenvalue weighted by atomic mass is 32.2. The number of carbonyl (C=O) groups is 1. The van der Waals surface area contributed by atoms with E-state index in [1.807, 2.05) is 0 Å². The van der Waals surface area contributed by atoms with Crippen molar-refractivity contribution in [3.05, 3.63) is 47.8 Å². The van der Waals surface area contributed by atoms with Gasteiger partial charge in [-0.25, -0.2) is 13.8 Å². The molecule has 10 heteroatoms. The number of hydrogen-bond donors (Lipinski definition) is 1. The Balaban J connectivity index is 1.50. The smallest absolute Gasteiger partial charge is 0.243 e. The molecule has 1 aromatic carbocycles. The summed E-state index contributed by atoms with van der Waals surface area (Å²) in [6, 6.07) is 6.64. The number of amides is 1. The van der Waals surface area contributed by atoms with Gasteiger partial charge in [0.25, 0.3) is 0 Å². The van der Waals surface area contributed by atoms with Crippen LogP contribution in [-0.2, 0) is 33.0 Å². The Kier molecular flexibility index (Phi) is 6.55. The Bertz CT molecular complexity index is 931. The zero-order valence-corrected chi connectivity index (χ0v) is 16.4. The standard InChI is InChI=1S/C18H23N5O4S/c1-22-14-16(13-20-22)12-19-21-18(24)7-4-15-2-5-17(6-3-15)28(25,26)23-8-10-27-11-9-23/h2-3,5-6,12-14H,4,7-11H2,1H3,(H,21,24)/b19-12+. The van der Waals surface area contributed by atoms with Crippen molar-refractivity contribution < 1.29 is 17.9 Å². The maximum Gasteiger partial charge on any atom is 0.243 e. The lowest BCUT2D eigenvalue weighted by Crippen LogP contribution is -2.40. The third-order valence-electron chi connectivity index (χ3n) is 4.30. The molecule has 3 rings (SSSR count). The van der Waals surface area contributed by atoms with Crippen molar-refractivity contribution in [3.63, 3.8) is 0 Å². The Morgan fingerprint density at radius 2 is 2.00 bits per heavy atom. The molecule has 1 fully saturated rings. The van der Waals surface area contributed by atoms with Gasteiger partial charge in [0.15, 0.2) is 0 Å². The Labute approximate surface area is 164 Å². The molecule has 1 aliphatic rings. The van der Waals surface area contributed by atoms with Crippen molar-refractivity contribution in [2.24, 2.45) is 12.1 Å². The molecule has 0 bridgehead atoms. The Hall–Kier alpha value is -2.56. The third kappa shape index (κ3) is 5.24. The SMILES string of the molecule is Cn1cc(/C=N/NC(=O)CCc2ccc(S(=O)(=O)N3CCOCC3)cc2)cn1. The summed E-state index contributed by atoms with van der Waals surface area (Å²) in [5.74, 6) is -0.217. The monoisotopic (exact) mass is 405 g/mol. The van der Waals surface area contributed by atoms with Gasteiger partial charge in [0.2, 0.25) is 15.9 Å². The number of nitrogens with zero attached hydrogens (tertiary/aromatic N) is 4. The van der Waals surface area contributed by atoms with Gasteiger partial charge in [0, 0.05) is 38.3 Å². The minimum atomic E-state index is -3.50. The summed E-state index contributed by atoms with van der Waals surface area (Å²) in [4.78, 5) is 12.1. The average Bonchev–Trinajstić information content (AvgIpc) is 3.12. The van der Waals surface area contributed by atoms with Gasteiger partial charge in [0.1, 0.15) is 0 Å². The van der Waals surface area contributed by atoms with Crippen molar-refractivity contribution in [3.8, 4) is 0 Å². The number of rotatable bonds is 7. The normalized spacial score (nSPS) is 15.8. The van der Waals surface area contributed by atoms with Crippen LogP contribution in [0.4, 0.5) is 0 Å². The van der Waals surface area contributed by atoms with E-state index in [-0.39, 0.29) is 17.2 Å². The van der Waals surface area contributed by atoms with Crippen LogP contribution in [0, 0.1) is 0 Å². The molecule has 2 heterocycles. The summed E-state index contributed by atoms with van der Waals surface area (Å²) in [7, 11) is -1.70. The number of benzene rings is 1. The molecule has 2 aromatic rings. The number of morpholine rings is 1. The predicted molar refractivity (Wildman–Crippen MR) is 103 cm³/mol. The lowest BCUT2D eigenvalue weighted by molar-refractivity contribution is -0.121. The summed E-state index contributed by atoms with van der Waals surface area (Å²) < 4.78 is 33.4. The molecule has 0 spiro atoms. The van der Waals surface area contributed by atoms with E-state index in [9.17, 15) is 13.2 Å². The Morgan fingerprint density at radius 3 is 2.64 bits per heavy atom. The van der Waals surface area contributed by atoms with Crippen LogP contribution in [0.25, 0.3) is 0 Å². The van der Waals surface area contributed by atoms with Crippen molar-refractivity contribution in [2.45, 2.75) is 17.7 Å². The van der Waals surface area contributed by atoms with Gasteiger partial charge in [-0.15, -0.1) is 0 Å². The van der Waals surface area contributed by atoms with Crippen LogP contribution in [0.2, 0.25) is 0 Å². The lowest BCUT2D eigenvalue weighted by atomic mass is 10.1. The van der Waals surface area contributed by atoms with Gasteiger partial charge in [-0.1, -0.05) is 12.1 Å². The van der Waals surface area contributed by atoms with Crippen molar-refractivity contribution in [1.29, 1.82) is 0 Å². The number of aromatic nitrogens is 2.